The summed E-state index contributed by atoms with van der Waals surface area (Å²) in [6.45, 7) is 3.42. The number of imidazole rings is 1. The minimum Gasteiger partial charge on any atom is -0.399 e. The van der Waals surface area contributed by atoms with Crippen LogP contribution in [-0.2, 0) is 13.0 Å². The third kappa shape index (κ3) is 3.67. The van der Waals surface area contributed by atoms with E-state index in [-0.39, 0.29) is 6.61 Å². The molecular formula is C15H23N3OS. The van der Waals surface area contributed by atoms with Gasteiger partial charge in [0.1, 0.15) is 5.82 Å². The predicted octanol–water partition coefficient (Wildman–Crippen LogP) is 2.69. The van der Waals surface area contributed by atoms with Crippen molar-refractivity contribution in [2.45, 2.75) is 32.7 Å². The van der Waals surface area contributed by atoms with Gasteiger partial charge in [0, 0.05) is 31.0 Å². The fraction of sp³-hybridized carbons (Fsp3) is 0.533. The second-order valence-electron chi connectivity index (χ2n) is 4.87. The van der Waals surface area contributed by atoms with E-state index in [2.05, 4.69) is 17.6 Å². The Kier molecular flexibility index (Phi) is 5.73. The minimum absolute atomic E-state index is 0.279. The molecule has 0 aliphatic heterocycles. The maximum absolute atomic E-state index is 8.79. The van der Waals surface area contributed by atoms with E-state index >= 15 is 0 Å². The van der Waals surface area contributed by atoms with Crippen molar-refractivity contribution in [3.63, 3.8) is 0 Å². The van der Waals surface area contributed by atoms with Crippen LogP contribution < -0.4 is 5.73 Å². The fourth-order valence-corrected chi connectivity index (χ4v) is 3.13. The van der Waals surface area contributed by atoms with Crippen LogP contribution in [0.25, 0.3) is 11.0 Å². The molecule has 0 fully saturated rings. The van der Waals surface area contributed by atoms with Crippen LogP contribution in [0.3, 0.4) is 0 Å². The number of thioether (sulfide) groups is 1. The van der Waals surface area contributed by atoms with Gasteiger partial charge in [-0.3, -0.25) is 0 Å². The summed E-state index contributed by atoms with van der Waals surface area (Å²) in [5, 5.41) is 8.79. The number of nitrogens with zero attached hydrogens (tertiary/aromatic N) is 2. The number of aromatic nitrogens is 2. The summed E-state index contributed by atoms with van der Waals surface area (Å²) in [5.74, 6) is 3.21. The van der Waals surface area contributed by atoms with Gasteiger partial charge in [0.15, 0.2) is 0 Å². The molecule has 0 radical (unpaired) electrons. The number of fused-ring (bicyclic) bond motifs is 1. The van der Waals surface area contributed by atoms with Crippen molar-refractivity contribution in [1.82, 2.24) is 9.55 Å². The molecule has 1 heterocycles. The summed E-state index contributed by atoms with van der Waals surface area (Å²) in [7, 11) is 0. The van der Waals surface area contributed by atoms with Crippen LogP contribution in [0, 0.1) is 0 Å². The Morgan fingerprint density at radius 1 is 1.35 bits per heavy atom. The van der Waals surface area contributed by atoms with E-state index in [0.29, 0.717) is 0 Å². The molecule has 1 aromatic carbocycles. The van der Waals surface area contributed by atoms with Crippen LogP contribution in [0.5, 0.6) is 0 Å². The second-order valence-corrected chi connectivity index (χ2v) is 6.09. The Hall–Kier alpha value is -1.20. The Morgan fingerprint density at radius 2 is 2.20 bits per heavy atom. The molecule has 0 bridgehead atoms. The average Bonchev–Trinajstić information content (AvgIpc) is 2.76. The molecule has 3 N–H and O–H groups in total. The van der Waals surface area contributed by atoms with Gasteiger partial charge in [-0.05, 0) is 36.8 Å². The highest BCUT2D eigenvalue weighted by atomic mass is 32.2. The first-order valence-electron chi connectivity index (χ1n) is 7.19. The number of nitrogens with two attached hydrogens (primary N) is 1. The number of nitrogen functional groups attached to an aromatic ring is 1. The minimum atomic E-state index is 0.279. The number of rotatable bonds is 8. The summed E-state index contributed by atoms with van der Waals surface area (Å²) in [5.41, 5.74) is 8.77. The first-order valence-corrected chi connectivity index (χ1v) is 8.35. The number of aliphatic hydroxyl groups is 1. The van der Waals surface area contributed by atoms with Crippen molar-refractivity contribution in [1.29, 1.82) is 0 Å². The lowest BCUT2D eigenvalue weighted by atomic mass is 10.3. The molecule has 1 aromatic heterocycles. The highest BCUT2D eigenvalue weighted by molar-refractivity contribution is 7.99. The predicted molar refractivity (Wildman–Crippen MR) is 87.2 cm³/mol. The number of benzene rings is 1. The zero-order valence-electron chi connectivity index (χ0n) is 12.0. The molecule has 110 valence electrons. The van der Waals surface area contributed by atoms with Gasteiger partial charge in [-0.25, -0.2) is 4.98 Å². The fourth-order valence-electron chi connectivity index (χ4n) is 2.29. The third-order valence-corrected chi connectivity index (χ3v) is 4.28. The van der Waals surface area contributed by atoms with E-state index in [9.17, 15) is 0 Å². The Balaban J connectivity index is 2.13. The molecule has 0 amide bonds. The first kappa shape index (κ1) is 15.2. The van der Waals surface area contributed by atoms with Crippen LogP contribution in [0.1, 0.15) is 25.6 Å². The van der Waals surface area contributed by atoms with Crippen LogP contribution in [0.2, 0.25) is 0 Å². The molecule has 0 saturated heterocycles. The quantitative estimate of drug-likeness (QED) is 0.580. The molecule has 4 nitrogen and oxygen atoms in total. The van der Waals surface area contributed by atoms with Gasteiger partial charge < -0.3 is 15.4 Å². The molecule has 20 heavy (non-hydrogen) atoms. The zero-order chi connectivity index (χ0) is 14.4. The molecule has 0 aliphatic rings. The zero-order valence-corrected chi connectivity index (χ0v) is 12.8. The van der Waals surface area contributed by atoms with Crippen molar-refractivity contribution >= 4 is 28.5 Å². The largest absolute Gasteiger partial charge is 0.399 e. The van der Waals surface area contributed by atoms with Gasteiger partial charge in [-0.1, -0.05) is 6.92 Å². The molecule has 0 saturated carbocycles. The second kappa shape index (κ2) is 7.55. The summed E-state index contributed by atoms with van der Waals surface area (Å²) < 4.78 is 2.31. The van der Waals surface area contributed by atoms with Crippen molar-refractivity contribution in [2.75, 3.05) is 23.8 Å². The molecule has 0 unspecified atom stereocenters. The van der Waals surface area contributed by atoms with Gasteiger partial charge in [0.25, 0.3) is 0 Å². The SMILES string of the molecule is CCCc1nc2cc(N)ccc2n1CCSCCCO. The molecule has 2 rings (SSSR count). The lowest BCUT2D eigenvalue weighted by Crippen LogP contribution is -2.06. The van der Waals surface area contributed by atoms with Crippen LogP contribution in [-0.4, -0.2) is 32.8 Å². The van der Waals surface area contributed by atoms with Crippen LogP contribution in [0.15, 0.2) is 18.2 Å². The summed E-state index contributed by atoms with van der Waals surface area (Å²) in [6, 6.07) is 5.95. The molecule has 0 aliphatic carbocycles. The van der Waals surface area contributed by atoms with E-state index < -0.39 is 0 Å². The highest BCUT2D eigenvalue weighted by Gasteiger charge is 2.10. The van der Waals surface area contributed by atoms with Gasteiger partial charge in [0.05, 0.1) is 11.0 Å². The number of aryl methyl sites for hydroxylation is 2. The van der Waals surface area contributed by atoms with E-state index in [0.717, 1.165) is 54.3 Å². The number of anilines is 1. The van der Waals surface area contributed by atoms with Gasteiger partial charge in [-0.15, -0.1) is 0 Å². The van der Waals surface area contributed by atoms with Crippen molar-refractivity contribution in [3.05, 3.63) is 24.0 Å². The Morgan fingerprint density at radius 3 is 2.95 bits per heavy atom. The van der Waals surface area contributed by atoms with E-state index in [4.69, 9.17) is 15.8 Å². The lowest BCUT2D eigenvalue weighted by Gasteiger charge is -2.08. The normalized spacial score (nSPS) is 11.3. The summed E-state index contributed by atoms with van der Waals surface area (Å²) >= 11 is 1.88. The molecule has 0 spiro atoms. The lowest BCUT2D eigenvalue weighted by molar-refractivity contribution is 0.296. The smallest absolute Gasteiger partial charge is 0.109 e. The van der Waals surface area contributed by atoms with E-state index in [1.807, 2.05) is 23.9 Å². The third-order valence-electron chi connectivity index (χ3n) is 3.23. The number of hydrogen-bond acceptors (Lipinski definition) is 4. The van der Waals surface area contributed by atoms with Crippen molar-refractivity contribution in [2.24, 2.45) is 0 Å². The molecule has 0 atom stereocenters. The topological polar surface area (TPSA) is 64.1 Å². The molecule has 2 aromatic rings. The van der Waals surface area contributed by atoms with Gasteiger partial charge in [-0.2, -0.15) is 11.8 Å². The molecular weight excluding hydrogens is 270 g/mol. The first-order chi connectivity index (χ1) is 9.76. The standard InChI is InChI=1S/C15H23N3OS/c1-2-4-15-17-13-11-12(16)5-6-14(13)18(15)7-10-20-9-3-8-19/h5-6,11,19H,2-4,7-10,16H2,1H3. The van der Waals surface area contributed by atoms with Crippen molar-refractivity contribution < 1.29 is 5.11 Å². The molecule has 5 heteroatoms. The highest BCUT2D eigenvalue weighted by Crippen LogP contribution is 2.20. The number of aliphatic hydroxyl groups excluding tert-OH is 1. The van der Waals surface area contributed by atoms with Crippen LogP contribution in [0.4, 0.5) is 5.69 Å². The summed E-state index contributed by atoms with van der Waals surface area (Å²) in [6.07, 6.45) is 2.96. The Labute approximate surface area is 124 Å². The van der Waals surface area contributed by atoms with Gasteiger partial charge in [0.2, 0.25) is 0 Å². The van der Waals surface area contributed by atoms with E-state index in [1.54, 1.807) is 0 Å². The van der Waals surface area contributed by atoms with Gasteiger partial charge >= 0.3 is 0 Å². The average molecular weight is 293 g/mol. The number of hydrogen-bond donors (Lipinski definition) is 2. The summed E-state index contributed by atoms with van der Waals surface area (Å²) in [4.78, 5) is 4.71. The van der Waals surface area contributed by atoms with Crippen molar-refractivity contribution in [3.8, 4) is 0 Å². The van der Waals surface area contributed by atoms with E-state index in [1.165, 1.54) is 5.52 Å². The maximum atomic E-state index is 8.79. The van der Waals surface area contributed by atoms with Crippen LogP contribution >= 0.6 is 11.8 Å². The monoisotopic (exact) mass is 293 g/mol. The Bertz CT molecular complexity index is 553. The maximum Gasteiger partial charge on any atom is 0.109 e.